The van der Waals surface area contributed by atoms with E-state index in [2.05, 4.69) is 5.32 Å². The minimum Gasteiger partial charge on any atom is -0.380 e. The Morgan fingerprint density at radius 3 is 1.29 bits per heavy atom. The molecule has 0 radical (unpaired) electrons. The standard InChI is InChI=1S/C40H40F12N2O5/c1-8-33(6)29(55)22-17-23(30(56)34(33,7)9-2)19-24(18-22)31(57)53-27-12-10-20(15-25(27)35(58,37(41,42)43)38(44,45)46)14-21-11-13-28(54-32(3,4)5)26(16-21)36(59,39(47,48)49)40(50,51)52/h10-13,15-19,54,58-59H,8-9,14H2,1-7H3,(H,53,57). The average Bonchev–Trinajstić information content (AvgIpc) is 3.14. The van der Waals surface area contributed by atoms with Crippen LogP contribution in [0.4, 0.5) is 64.1 Å². The maximum absolute atomic E-state index is 14.4. The van der Waals surface area contributed by atoms with Crippen LogP contribution in [0.5, 0.6) is 0 Å². The van der Waals surface area contributed by atoms with E-state index in [-0.39, 0.29) is 36.1 Å². The molecule has 1 aliphatic rings. The molecule has 2 bridgehead atoms. The number of fused-ring (bicyclic) bond motifs is 2. The van der Waals surface area contributed by atoms with Gasteiger partial charge >= 0.3 is 24.7 Å². The summed E-state index contributed by atoms with van der Waals surface area (Å²) in [5.74, 6) is -2.54. The highest BCUT2D eigenvalue weighted by Gasteiger charge is 2.73. The van der Waals surface area contributed by atoms with Gasteiger partial charge in [0.15, 0.2) is 11.6 Å². The number of rotatable bonds is 9. The highest BCUT2D eigenvalue weighted by atomic mass is 19.4. The van der Waals surface area contributed by atoms with Crippen molar-refractivity contribution in [1.29, 1.82) is 0 Å². The highest BCUT2D eigenvalue weighted by molar-refractivity contribution is 6.15. The van der Waals surface area contributed by atoms with E-state index >= 15 is 0 Å². The molecule has 1 amide bonds. The number of hydrogen-bond acceptors (Lipinski definition) is 6. The molecule has 0 spiro atoms. The van der Waals surface area contributed by atoms with Gasteiger partial charge in [0.2, 0.25) is 0 Å². The number of nitrogens with one attached hydrogen (secondary N) is 2. The summed E-state index contributed by atoms with van der Waals surface area (Å²) < 4.78 is 171. The molecule has 1 aliphatic carbocycles. The zero-order valence-electron chi connectivity index (χ0n) is 32.5. The van der Waals surface area contributed by atoms with Gasteiger partial charge in [-0.25, -0.2) is 0 Å². The van der Waals surface area contributed by atoms with Crippen LogP contribution in [0.3, 0.4) is 0 Å². The number of ketones is 2. The molecule has 4 rings (SSSR count). The molecule has 0 aromatic heterocycles. The predicted molar refractivity (Wildman–Crippen MR) is 191 cm³/mol. The molecule has 0 heterocycles. The first-order chi connectivity index (χ1) is 26.5. The van der Waals surface area contributed by atoms with Crippen LogP contribution in [-0.2, 0) is 17.6 Å². The largest absolute Gasteiger partial charge is 0.430 e. The highest BCUT2D eigenvalue weighted by Crippen LogP contribution is 2.55. The zero-order chi connectivity index (χ0) is 45.3. The van der Waals surface area contributed by atoms with Crippen LogP contribution in [-0.4, -0.2) is 57.9 Å². The first kappa shape index (κ1) is 47.0. The summed E-state index contributed by atoms with van der Waals surface area (Å²) in [6.45, 7) is 10.5. The number of aliphatic hydroxyl groups is 2. The van der Waals surface area contributed by atoms with Crippen molar-refractivity contribution >= 4 is 28.8 Å². The van der Waals surface area contributed by atoms with Crippen LogP contribution in [0.1, 0.15) is 115 Å². The summed E-state index contributed by atoms with van der Waals surface area (Å²) in [6, 6.07) is 6.44. The number of amides is 1. The monoisotopic (exact) mass is 856 g/mol. The van der Waals surface area contributed by atoms with Gasteiger partial charge in [-0.15, -0.1) is 0 Å². The number of hydrogen-bond donors (Lipinski definition) is 4. The molecule has 0 fully saturated rings. The van der Waals surface area contributed by atoms with Crippen LogP contribution in [0.2, 0.25) is 0 Å². The summed E-state index contributed by atoms with van der Waals surface area (Å²) in [7, 11) is 0. The molecule has 3 aromatic carbocycles. The molecule has 0 aliphatic heterocycles. The van der Waals surface area contributed by atoms with Crippen molar-refractivity contribution in [2.45, 2.75) is 109 Å². The lowest BCUT2D eigenvalue weighted by Gasteiger charge is -2.42. The Morgan fingerprint density at radius 1 is 0.593 bits per heavy atom. The summed E-state index contributed by atoms with van der Waals surface area (Å²) in [5.41, 5.74) is -23.0. The SMILES string of the molecule is CCC1(C)C(=O)c2cc(C(=O)Nc3ccc(Cc4ccc(NC(C)(C)C)c(C(O)(C(F)(F)F)C(F)(F)F)c4)cc3C(O)(C(F)(F)F)C(F)(F)F)cc(c2)C(=O)C1(C)CC. The normalized spacial score (nSPS) is 19.7. The molecule has 7 nitrogen and oxygen atoms in total. The van der Waals surface area contributed by atoms with Gasteiger partial charge in [-0.2, -0.15) is 52.7 Å². The molecule has 3 aromatic rings. The van der Waals surface area contributed by atoms with Gasteiger partial charge in [0.1, 0.15) is 0 Å². The molecule has 4 N–H and O–H groups in total. The van der Waals surface area contributed by atoms with Crippen molar-refractivity contribution in [1.82, 2.24) is 0 Å². The Labute approximate surface area is 330 Å². The number of Topliss-reactive ketones (excluding diaryl/α,β-unsaturated/α-hetero) is 2. The molecule has 0 saturated heterocycles. The van der Waals surface area contributed by atoms with E-state index < -0.39 is 115 Å². The van der Waals surface area contributed by atoms with Gasteiger partial charge in [-0.05, 0) is 93.6 Å². The summed E-state index contributed by atoms with van der Waals surface area (Å²) in [6.07, 6.45) is -26.5. The third-order valence-electron chi connectivity index (χ3n) is 11.1. The molecule has 19 heteroatoms. The smallest absolute Gasteiger partial charge is 0.380 e. The van der Waals surface area contributed by atoms with Gasteiger partial charge in [-0.1, -0.05) is 39.8 Å². The van der Waals surface area contributed by atoms with Crippen molar-refractivity contribution < 1.29 is 77.3 Å². The van der Waals surface area contributed by atoms with Crippen LogP contribution < -0.4 is 10.6 Å². The fourth-order valence-corrected chi connectivity index (χ4v) is 7.25. The minimum absolute atomic E-state index is 0.111. The summed E-state index contributed by atoms with van der Waals surface area (Å²) in [4.78, 5) is 41.2. The maximum Gasteiger partial charge on any atom is 0.430 e. The quantitative estimate of drug-likeness (QED) is 0.159. The van der Waals surface area contributed by atoms with Crippen molar-refractivity contribution in [2.24, 2.45) is 10.8 Å². The van der Waals surface area contributed by atoms with Crippen molar-refractivity contribution in [2.75, 3.05) is 10.6 Å². The molecule has 2 atom stereocenters. The van der Waals surface area contributed by atoms with E-state index in [9.17, 15) is 77.3 Å². The van der Waals surface area contributed by atoms with Gasteiger partial charge < -0.3 is 20.8 Å². The molecular weight excluding hydrogens is 816 g/mol. The zero-order valence-corrected chi connectivity index (χ0v) is 32.5. The lowest BCUT2D eigenvalue weighted by Crippen LogP contribution is -2.54. The van der Waals surface area contributed by atoms with Gasteiger partial charge in [0.05, 0.1) is 0 Å². The van der Waals surface area contributed by atoms with E-state index in [1.54, 1.807) is 27.7 Å². The van der Waals surface area contributed by atoms with E-state index in [4.69, 9.17) is 0 Å². The molecule has 324 valence electrons. The van der Waals surface area contributed by atoms with Crippen LogP contribution in [0.15, 0.2) is 54.6 Å². The lowest BCUT2D eigenvalue weighted by molar-refractivity contribution is -0.376. The topological polar surface area (TPSA) is 116 Å². The van der Waals surface area contributed by atoms with Crippen LogP contribution in [0.25, 0.3) is 0 Å². The molecule has 0 saturated carbocycles. The van der Waals surface area contributed by atoms with Gasteiger partial charge in [-0.3, -0.25) is 14.4 Å². The van der Waals surface area contributed by atoms with Crippen molar-refractivity contribution in [3.05, 3.63) is 93.5 Å². The fraction of sp³-hybridized carbons (Fsp3) is 0.475. The second-order valence-electron chi connectivity index (χ2n) is 16.0. The van der Waals surface area contributed by atoms with Gasteiger partial charge in [0, 0.05) is 55.6 Å². The Balaban J connectivity index is 1.92. The molecular formula is C40H40F12N2O5. The third-order valence-corrected chi connectivity index (χ3v) is 11.1. The third kappa shape index (κ3) is 7.91. The second kappa shape index (κ2) is 14.8. The predicted octanol–water partition coefficient (Wildman–Crippen LogP) is 10.6. The number of halogens is 12. The van der Waals surface area contributed by atoms with E-state index in [1.807, 2.05) is 5.32 Å². The summed E-state index contributed by atoms with van der Waals surface area (Å²) >= 11 is 0. The number of alkyl halides is 12. The molecule has 2 unspecified atom stereocenters. The Hall–Kier alpha value is -4.65. The van der Waals surface area contributed by atoms with Crippen molar-refractivity contribution in [3.63, 3.8) is 0 Å². The Morgan fingerprint density at radius 2 is 0.949 bits per heavy atom. The molecule has 59 heavy (non-hydrogen) atoms. The van der Waals surface area contributed by atoms with Gasteiger partial charge in [0.25, 0.3) is 17.1 Å². The number of benzene rings is 3. The number of carbonyl (C=O) groups excluding carboxylic acids is 3. The average molecular weight is 857 g/mol. The first-order valence-electron chi connectivity index (χ1n) is 17.9. The first-order valence-corrected chi connectivity index (χ1v) is 17.9. The van der Waals surface area contributed by atoms with Crippen LogP contribution in [0, 0.1) is 10.8 Å². The fourth-order valence-electron chi connectivity index (χ4n) is 7.25. The Kier molecular flexibility index (Phi) is 11.8. The number of anilines is 2. The van der Waals surface area contributed by atoms with E-state index in [0.29, 0.717) is 12.1 Å². The summed E-state index contributed by atoms with van der Waals surface area (Å²) in [5, 5.41) is 25.1. The Bertz CT molecular complexity index is 2080. The second-order valence-corrected chi connectivity index (χ2v) is 16.0. The maximum atomic E-state index is 14.4. The van der Waals surface area contributed by atoms with E-state index in [1.165, 1.54) is 26.8 Å². The van der Waals surface area contributed by atoms with E-state index in [0.717, 1.165) is 24.3 Å². The van der Waals surface area contributed by atoms with Crippen molar-refractivity contribution in [3.8, 4) is 0 Å². The lowest BCUT2D eigenvalue weighted by atomic mass is 9.58. The minimum atomic E-state index is -6.55. The number of carbonyl (C=O) groups is 3. The van der Waals surface area contributed by atoms with Crippen LogP contribution >= 0.6 is 0 Å².